The van der Waals surface area contributed by atoms with Crippen molar-refractivity contribution in [3.8, 4) is 0 Å². The number of hydrogen-bond acceptors (Lipinski definition) is 4. The molecule has 0 unspecified atom stereocenters. The highest BCUT2D eigenvalue weighted by molar-refractivity contribution is 7.89. The van der Waals surface area contributed by atoms with Crippen LogP contribution in [0.25, 0.3) is 0 Å². The van der Waals surface area contributed by atoms with Crippen LogP contribution in [0.5, 0.6) is 0 Å². The Hall–Kier alpha value is -1.18. The van der Waals surface area contributed by atoms with E-state index < -0.39 is 10.0 Å². The van der Waals surface area contributed by atoms with E-state index in [0.717, 1.165) is 26.1 Å². The second-order valence-electron chi connectivity index (χ2n) is 6.87. The van der Waals surface area contributed by atoms with E-state index in [0.29, 0.717) is 29.4 Å². The Morgan fingerprint density at radius 1 is 1.17 bits per heavy atom. The Labute approximate surface area is 145 Å². The summed E-state index contributed by atoms with van der Waals surface area (Å²) in [7, 11) is -3.44. The van der Waals surface area contributed by atoms with Gasteiger partial charge in [0.05, 0.1) is 11.4 Å². The molecule has 2 aliphatic rings. The van der Waals surface area contributed by atoms with Gasteiger partial charge in [-0.3, -0.25) is 5.10 Å². The van der Waals surface area contributed by atoms with E-state index >= 15 is 0 Å². The van der Waals surface area contributed by atoms with Gasteiger partial charge in [-0.05, 0) is 46.0 Å². The van der Waals surface area contributed by atoms with Crippen LogP contribution >= 0.6 is 0 Å². The molecule has 134 valence electrons. The fourth-order valence-electron chi connectivity index (χ4n) is 3.68. The molecule has 1 saturated heterocycles. The number of aromatic amines is 1. The summed E-state index contributed by atoms with van der Waals surface area (Å²) in [5.74, 6) is 0. The summed E-state index contributed by atoms with van der Waals surface area (Å²) in [5.41, 5.74) is 2.76. The molecule has 0 bridgehead atoms. The van der Waals surface area contributed by atoms with Gasteiger partial charge in [-0.15, -0.1) is 0 Å². The zero-order valence-electron chi connectivity index (χ0n) is 14.7. The maximum absolute atomic E-state index is 12.8. The first-order chi connectivity index (χ1) is 11.5. The molecule has 0 amide bonds. The molecule has 1 aromatic rings. The van der Waals surface area contributed by atoms with Crippen molar-refractivity contribution in [3.63, 3.8) is 0 Å². The van der Waals surface area contributed by atoms with E-state index in [1.807, 2.05) is 0 Å². The van der Waals surface area contributed by atoms with Crippen molar-refractivity contribution in [2.24, 2.45) is 0 Å². The lowest BCUT2D eigenvalue weighted by atomic mass is 9.97. The zero-order chi connectivity index (χ0) is 17.2. The van der Waals surface area contributed by atoms with Crippen molar-refractivity contribution in [3.05, 3.63) is 23.0 Å². The van der Waals surface area contributed by atoms with E-state index in [9.17, 15) is 8.42 Å². The van der Waals surface area contributed by atoms with Crippen LogP contribution in [-0.2, 0) is 10.0 Å². The predicted octanol–water partition coefficient (Wildman–Crippen LogP) is 2.22. The highest BCUT2D eigenvalue weighted by Crippen LogP contribution is 2.24. The monoisotopic (exact) mass is 352 g/mol. The number of rotatable bonds is 5. The van der Waals surface area contributed by atoms with Crippen molar-refractivity contribution in [2.75, 3.05) is 32.7 Å². The number of piperazine rings is 1. The number of H-pyrrole nitrogens is 1. The third-order valence-electron chi connectivity index (χ3n) is 5.12. The van der Waals surface area contributed by atoms with Crippen LogP contribution in [-0.4, -0.2) is 60.5 Å². The summed E-state index contributed by atoms with van der Waals surface area (Å²) >= 11 is 0. The summed E-state index contributed by atoms with van der Waals surface area (Å²) in [5, 5.41) is 6.80. The minimum Gasteiger partial charge on any atom is -0.300 e. The van der Waals surface area contributed by atoms with Gasteiger partial charge in [-0.2, -0.15) is 9.40 Å². The molecule has 3 rings (SSSR count). The molecule has 2 heterocycles. The maximum atomic E-state index is 12.8. The minimum absolute atomic E-state index is 0.350. The highest BCUT2D eigenvalue weighted by atomic mass is 32.2. The number of nitrogens with zero attached hydrogens (tertiary/aromatic N) is 3. The normalized spacial score (nSPS) is 21.0. The molecule has 24 heavy (non-hydrogen) atoms. The first-order valence-corrected chi connectivity index (χ1v) is 10.3. The van der Waals surface area contributed by atoms with E-state index in [-0.39, 0.29) is 0 Å². The average molecular weight is 353 g/mol. The fraction of sp³-hybridized carbons (Fsp3) is 0.706. The lowest BCUT2D eigenvalue weighted by Crippen LogP contribution is -2.48. The van der Waals surface area contributed by atoms with E-state index in [2.05, 4.69) is 21.2 Å². The largest absolute Gasteiger partial charge is 0.300 e. The molecule has 1 fully saturated rings. The Morgan fingerprint density at radius 3 is 2.50 bits per heavy atom. The standard InChI is InChI=1S/C17H28N4O2S/c1-14-17(15(2)19-18-14)24(22,23)21-12-10-20(11-13-21)9-8-16-6-4-3-5-7-16/h6H,3-5,7-13H2,1-2H3,(H,18,19). The van der Waals surface area contributed by atoms with Crippen LogP contribution in [0.2, 0.25) is 0 Å². The number of allylic oxidation sites excluding steroid dienone is 1. The van der Waals surface area contributed by atoms with Crippen LogP contribution in [0.15, 0.2) is 16.5 Å². The fourth-order valence-corrected chi connectivity index (χ4v) is 5.43. The average Bonchev–Trinajstić information content (AvgIpc) is 2.93. The predicted molar refractivity (Wildman–Crippen MR) is 94.4 cm³/mol. The summed E-state index contributed by atoms with van der Waals surface area (Å²) in [6.07, 6.45) is 8.65. The van der Waals surface area contributed by atoms with E-state index in [4.69, 9.17) is 0 Å². The molecule has 1 N–H and O–H groups in total. The number of aryl methyl sites for hydroxylation is 2. The molecule has 0 saturated carbocycles. The molecule has 1 aliphatic carbocycles. The van der Waals surface area contributed by atoms with E-state index in [1.54, 1.807) is 23.7 Å². The highest BCUT2D eigenvalue weighted by Gasteiger charge is 2.32. The van der Waals surface area contributed by atoms with Crippen LogP contribution in [0.1, 0.15) is 43.5 Å². The quantitative estimate of drug-likeness (QED) is 0.825. The van der Waals surface area contributed by atoms with Crippen molar-refractivity contribution < 1.29 is 8.42 Å². The molecular weight excluding hydrogens is 324 g/mol. The second kappa shape index (κ2) is 7.37. The van der Waals surface area contributed by atoms with Gasteiger partial charge < -0.3 is 4.90 Å². The van der Waals surface area contributed by atoms with Crippen LogP contribution in [0, 0.1) is 13.8 Å². The summed E-state index contributed by atoms with van der Waals surface area (Å²) < 4.78 is 27.3. The van der Waals surface area contributed by atoms with E-state index in [1.165, 1.54) is 25.7 Å². The molecule has 6 nitrogen and oxygen atoms in total. The number of aromatic nitrogens is 2. The van der Waals surface area contributed by atoms with Gasteiger partial charge in [0.25, 0.3) is 0 Å². The summed E-state index contributed by atoms with van der Waals surface area (Å²) in [4.78, 5) is 2.74. The topological polar surface area (TPSA) is 69.3 Å². The van der Waals surface area contributed by atoms with Crippen molar-refractivity contribution in [1.82, 2.24) is 19.4 Å². The molecule has 0 aromatic carbocycles. The van der Waals surface area contributed by atoms with Gasteiger partial charge in [-0.1, -0.05) is 11.6 Å². The van der Waals surface area contributed by atoms with Gasteiger partial charge >= 0.3 is 0 Å². The number of nitrogens with one attached hydrogen (secondary N) is 1. The van der Waals surface area contributed by atoms with Gasteiger partial charge in [0.2, 0.25) is 10.0 Å². The van der Waals surface area contributed by atoms with Gasteiger partial charge in [0.15, 0.2) is 0 Å². The molecule has 7 heteroatoms. The Kier molecular flexibility index (Phi) is 5.42. The first kappa shape index (κ1) is 17.6. The second-order valence-corrected chi connectivity index (χ2v) is 8.74. The lowest BCUT2D eigenvalue weighted by molar-refractivity contribution is 0.189. The molecule has 0 atom stereocenters. The number of sulfonamides is 1. The molecule has 0 radical (unpaired) electrons. The Morgan fingerprint density at radius 2 is 1.92 bits per heavy atom. The molecule has 1 aromatic heterocycles. The van der Waals surface area contributed by atoms with Crippen molar-refractivity contribution in [1.29, 1.82) is 0 Å². The smallest absolute Gasteiger partial charge is 0.246 e. The van der Waals surface area contributed by atoms with Crippen LogP contribution in [0.4, 0.5) is 0 Å². The Bertz CT molecular complexity index is 681. The third-order valence-corrected chi connectivity index (χ3v) is 7.29. The lowest BCUT2D eigenvalue weighted by Gasteiger charge is -2.34. The minimum atomic E-state index is -3.44. The molecule has 0 spiro atoms. The summed E-state index contributed by atoms with van der Waals surface area (Å²) in [6.45, 7) is 7.29. The maximum Gasteiger partial charge on any atom is 0.246 e. The molecular formula is C17H28N4O2S. The third kappa shape index (κ3) is 3.73. The van der Waals surface area contributed by atoms with Gasteiger partial charge in [-0.25, -0.2) is 8.42 Å². The summed E-state index contributed by atoms with van der Waals surface area (Å²) in [6, 6.07) is 0. The SMILES string of the molecule is Cc1n[nH]c(C)c1S(=O)(=O)N1CCN(CCC2=CCCCC2)CC1. The Balaban J connectivity index is 1.56. The molecule has 1 aliphatic heterocycles. The zero-order valence-corrected chi connectivity index (χ0v) is 15.5. The van der Waals surface area contributed by atoms with Gasteiger partial charge in [0.1, 0.15) is 4.90 Å². The van der Waals surface area contributed by atoms with Crippen LogP contribution < -0.4 is 0 Å². The van der Waals surface area contributed by atoms with Crippen molar-refractivity contribution >= 4 is 10.0 Å². The van der Waals surface area contributed by atoms with Crippen molar-refractivity contribution in [2.45, 2.75) is 50.8 Å². The van der Waals surface area contributed by atoms with Gasteiger partial charge in [0, 0.05) is 32.7 Å². The number of hydrogen-bond donors (Lipinski definition) is 1. The first-order valence-electron chi connectivity index (χ1n) is 8.90. The van der Waals surface area contributed by atoms with Crippen LogP contribution in [0.3, 0.4) is 0 Å².